The molecule has 0 aliphatic heterocycles. The highest BCUT2D eigenvalue weighted by atomic mass is 19.1. The van der Waals surface area contributed by atoms with E-state index in [2.05, 4.69) is 0 Å². The summed E-state index contributed by atoms with van der Waals surface area (Å²) in [4.78, 5) is 14.2. The smallest absolute Gasteiger partial charge is 0.176 e. The van der Waals surface area contributed by atoms with Crippen LogP contribution in [0, 0.1) is 5.82 Å². The van der Waals surface area contributed by atoms with E-state index in [0.717, 1.165) is 0 Å². The maximum Gasteiger partial charge on any atom is 0.176 e. The minimum atomic E-state index is -0.337. The first-order valence-corrected chi connectivity index (χ1v) is 7.34. The number of ether oxygens (including phenoxy) is 2. The standard InChI is InChI=1S/C16H24FNO3/c1-3-20-11-9-18(10-12-21-4-2)13-16(19)14-5-7-15(17)8-6-14/h5-8H,3-4,9-13H2,1-2H3. The highest BCUT2D eigenvalue weighted by Gasteiger charge is 2.12. The molecule has 0 spiro atoms. The number of carbonyl (C=O) groups excluding carboxylic acids is 1. The van der Waals surface area contributed by atoms with Crippen molar-refractivity contribution in [2.24, 2.45) is 0 Å². The van der Waals surface area contributed by atoms with E-state index in [1.54, 1.807) is 0 Å². The first kappa shape index (κ1) is 17.8. The van der Waals surface area contributed by atoms with Crippen molar-refractivity contribution in [1.29, 1.82) is 0 Å². The molecule has 0 fully saturated rings. The zero-order valence-electron chi connectivity index (χ0n) is 12.8. The third-order valence-electron chi connectivity index (χ3n) is 3.05. The lowest BCUT2D eigenvalue weighted by Crippen LogP contribution is -2.35. The number of halogens is 1. The molecule has 21 heavy (non-hydrogen) atoms. The first-order valence-electron chi connectivity index (χ1n) is 7.34. The van der Waals surface area contributed by atoms with Crippen LogP contribution in [0.3, 0.4) is 0 Å². The number of hydrogen-bond donors (Lipinski definition) is 0. The summed E-state index contributed by atoms with van der Waals surface area (Å²) in [5, 5.41) is 0. The fourth-order valence-electron chi connectivity index (χ4n) is 1.88. The number of benzene rings is 1. The van der Waals surface area contributed by atoms with Gasteiger partial charge in [0, 0.05) is 31.9 Å². The Morgan fingerprint density at radius 3 is 2.05 bits per heavy atom. The van der Waals surface area contributed by atoms with E-state index in [4.69, 9.17) is 9.47 Å². The van der Waals surface area contributed by atoms with Gasteiger partial charge in [0.1, 0.15) is 5.82 Å². The molecule has 0 aromatic heterocycles. The topological polar surface area (TPSA) is 38.8 Å². The molecule has 0 unspecified atom stereocenters. The molecule has 4 nitrogen and oxygen atoms in total. The molecule has 1 aromatic carbocycles. The van der Waals surface area contributed by atoms with Crippen LogP contribution in [0.5, 0.6) is 0 Å². The molecular formula is C16H24FNO3. The van der Waals surface area contributed by atoms with Gasteiger partial charge in [-0.25, -0.2) is 4.39 Å². The van der Waals surface area contributed by atoms with Gasteiger partial charge in [-0.3, -0.25) is 9.69 Å². The van der Waals surface area contributed by atoms with Crippen LogP contribution in [0.1, 0.15) is 24.2 Å². The van der Waals surface area contributed by atoms with Gasteiger partial charge in [-0.05, 0) is 38.1 Å². The van der Waals surface area contributed by atoms with Crippen LogP contribution in [0.4, 0.5) is 4.39 Å². The number of nitrogens with zero attached hydrogens (tertiary/aromatic N) is 1. The fourth-order valence-corrected chi connectivity index (χ4v) is 1.88. The Bertz CT molecular complexity index is 398. The van der Waals surface area contributed by atoms with Gasteiger partial charge in [0.2, 0.25) is 0 Å². The molecule has 0 saturated carbocycles. The SMILES string of the molecule is CCOCCN(CCOCC)CC(=O)c1ccc(F)cc1. The van der Waals surface area contributed by atoms with E-state index < -0.39 is 0 Å². The van der Waals surface area contributed by atoms with Gasteiger partial charge in [-0.15, -0.1) is 0 Å². The summed E-state index contributed by atoms with van der Waals surface area (Å²) in [5.41, 5.74) is 0.522. The molecule has 1 rings (SSSR count). The second-order valence-electron chi connectivity index (χ2n) is 4.60. The summed E-state index contributed by atoms with van der Waals surface area (Å²) in [6.07, 6.45) is 0. The van der Waals surface area contributed by atoms with Gasteiger partial charge >= 0.3 is 0 Å². The van der Waals surface area contributed by atoms with Crippen LogP contribution in [0.2, 0.25) is 0 Å². The molecular weight excluding hydrogens is 273 g/mol. The van der Waals surface area contributed by atoms with Gasteiger partial charge in [0.25, 0.3) is 0 Å². The van der Waals surface area contributed by atoms with Crippen LogP contribution in [0.15, 0.2) is 24.3 Å². The van der Waals surface area contributed by atoms with Gasteiger partial charge in [0.15, 0.2) is 5.78 Å². The van der Waals surface area contributed by atoms with E-state index in [-0.39, 0.29) is 18.1 Å². The first-order chi connectivity index (χ1) is 10.2. The molecule has 0 atom stereocenters. The van der Waals surface area contributed by atoms with E-state index in [0.29, 0.717) is 45.1 Å². The molecule has 0 amide bonds. The van der Waals surface area contributed by atoms with Crippen LogP contribution in [-0.2, 0) is 9.47 Å². The second kappa shape index (κ2) is 10.4. The van der Waals surface area contributed by atoms with Gasteiger partial charge in [0.05, 0.1) is 19.8 Å². The largest absolute Gasteiger partial charge is 0.380 e. The zero-order chi connectivity index (χ0) is 15.5. The van der Waals surface area contributed by atoms with Crippen molar-refractivity contribution in [2.75, 3.05) is 46.1 Å². The number of Topliss-reactive ketones (excluding diaryl/α,β-unsaturated/α-hetero) is 1. The van der Waals surface area contributed by atoms with E-state index in [9.17, 15) is 9.18 Å². The summed E-state index contributed by atoms with van der Waals surface area (Å²) in [7, 11) is 0. The number of carbonyl (C=O) groups is 1. The summed E-state index contributed by atoms with van der Waals surface area (Å²) in [5.74, 6) is -0.362. The summed E-state index contributed by atoms with van der Waals surface area (Å²) >= 11 is 0. The quantitative estimate of drug-likeness (QED) is 0.464. The van der Waals surface area contributed by atoms with Crippen LogP contribution in [0.25, 0.3) is 0 Å². The van der Waals surface area contributed by atoms with Crippen molar-refractivity contribution in [1.82, 2.24) is 4.90 Å². The Morgan fingerprint density at radius 1 is 1.05 bits per heavy atom. The fraction of sp³-hybridized carbons (Fsp3) is 0.562. The van der Waals surface area contributed by atoms with Crippen molar-refractivity contribution in [3.05, 3.63) is 35.6 Å². The third kappa shape index (κ3) is 7.32. The molecule has 0 N–H and O–H groups in total. The van der Waals surface area contributed by atoms with Crippen LogP contribution in [-0.4, -0.2) is 56.7 Å². The minimum absolute atomic E-state index is 0.0250. The normalized spacial score (nSPS) is 11.0. The predicted molar refractivity (Wildman–Crippen MR) is 80.2 cm³/mol. The molecule has 1 aromatic rings. The molecule has 0 aliphatic rings. The number of rotatable bonds is 11. The monoisotopic (exact) mass is 297 g/mol. The van der Waals surface area contributed by atoms with Crippen molar-refractivity contribution in [3.8, 4) is 0 Å². The maximum absolute atomic E-state index is 12.9. The van der Waals surface area contributed by atoms with Crippen LogP contribution < -0.4 is 0 Å². The molecule has 0 radical (unpaired) electrons. The van der Waals surface area contributed by atoms with E-state index >= 15 is 0 Å². The van der Waals surface area contributed by atoms with Gasteiger partial charge < -0.3 is 9.47 Å². The highest BCUT2D eigenvalue weighted by molar-refractivity contribution is 5.97. The average molecular weight is 297 g/mol. The van der Waals surface area contributed by atoms with Crippen molar-refractivity contribution in [3.63, 3.8) is 0 Å². The molecule has 0 heterocycles. The summed E-state index contributed by atoms with van der Waals surface area (Å²) < 4.78 is 23.5. The Balaban J connectivity index is 2.52. The third-order valence-corrected chi connectivity index (χ3v) is 3.05. The van der Waals surface area contributed by atoms with E-state index in [1.807, 2.05) is 18.7 Å². The lowest BCUT2D eigenvalue weighted by Gasteiger charge is -2.21. The lowest BCUT2D eigenvalue weighted by molar-refractivity contribution is 0.0725. The Labute approximate surface area is 125 Å². The lowest BCUT2D eigenvalue weighted by atomic mass is 10.1. The Hall–Kier alpha value is -1.30. The second-order valence-corrected chi connectivity index (χ2v) is 4.60. The molecule has 118 valence electrons. The van der Waals surface area contributed by atoms with E-state index in [1.165, 1.54) is 24.3 Å². The van der Waals surface area contributed by atoms with Gasteiger partial charge in [-0.2, -0.15) is 0 Å². The predicted octanol–water partition coefficient (Wildman–Crippen LogP) is 2.38. The van der Waals surface area contributed by atoms with Crippen molar-refractivity contribution < 1.29 is 18.7 Å². The van der Waals surface area contributed by atoms with Crippen LogP contribution >= 0.6 is 0 Å². The van der Waals surface area contributed by atoms with Gasteiger partial charge in [-0.1, -0.05) is 0 Å². The Morgan fingerprint density at radius 2 is 1.57 bits per heavy atom. The molecule has 0 saturated heterocycles. The number of ketones is 1. The molecule has 5 heteroatoms. The minimum Gasteiger partial charge on any atom is -0.380 e. The number of hydrogen-bond acceptors (Lipinski definition) is 4. The summed E-state index contributed by atoms with van der Waals surface area (Å²) in [6, 6.07) is 5.64. The molecule has 0 aliphatic carbocycles. The average Bonchev–Trinajstić information content (AvgIpc) is 2.48. The zero-order valence-corrected chi connectivity index (χ0v) is 12.8. The Kier molecular flexibility index (Phi) is 8.82. The maximum atomic E-state index is 12.9. The van der Waals surface area contributed by atoms with Crippen molar-refractivity contribution in [2.45, 2.75) is 13.8 Å². The van der Waals surface area contributed by atoms with Crippen molar-refractivity contribution >= 4 is 5.78 Å². The highest BCUT2D eigenvalue weighted by Crippen LogP contribution is 2.05. The summed E-state index contributed by atoms with van der Waals surface area (Å²) in [6.45, 7) is 7.99. The molecule has 0 bridgehead atoms.